The Labute approximate surface area is 121 Å². The maximum absolute atomic E-state index is 12.7. The number of rotatable bonds is 3. The Kier molecular flexibility index (Phi) is 4.34. The standard InChI is InChI=1S/C16H17F3N2/c1-10-5-3-4-6-13(10)15(21-20)14-8-7-12(9-11(14)2)16(17,18)19/h3-9,15,21H,20H2,1-2H3. The average Bonchev–Trinajstić information content (AvgIpc) is 2.42. The summed E-state index contributed by atoms with van der Waals surface area (Å²) in [4.78, 5) is 0. The Morgan fingerprint density at radius 3 is 2.10 bits per heavy atom. The van der Waals surface area contributed by atoms with Crippen LogP contribution in [0.5, 0.6) is 0 Å². The van der Waals surface area contributed by atoms with Gasteiger partial charge in [-0.25, -0.2) is 5.43 Å². The fourth-order valence-electron chi connectivity index (χ4n) is 2.43. The first-order valence-corrected chi connectivity index (χ1v) is 6.54. The van der Waals surface area contributed by atoms with Crippen LogP contribution in [-0.4, -0.2) is 0 Å². The summed E-state index contributed by atoms with van der Waals surface area (Å²) >= 11 is 0. The van der Waals surface area contributed by atoms with Crippen LogP contribution in [0.3, 0.4) is 0 Å². The van der Waals surface area contributed by atoms with E-state index >= 15 is 0 Å². The molecule has 0 aliphatic heterocycles. The second-order valence-corrected chi connectivity index (χ2v) is 5.03. The molecular formula is C16H17F3N2. The molecule has 0 amide bonds. The van der Waals surface area contributed by atoms with E-state index in [0.717, 1.165) is 28.8 Å². The molecule has 0 heterocycles. The molecule has 0 radical (unpaired) electrons. The predicted octanol–water partition coefficient (Wildman–Crippen LogP) is 3.87. The number of aryl methyl sites for hydroxylation is 2. The van der Waals surface area contributed by atoms with Crippen LogP contribution >= 0.6 is 0 Å². The normalized spacial score (nSPS) is 13.2. The lowest BCUT2D eigenvalue weighted by molar-refractivity contribution is -0.137. The number of hydrogen-bond acceptors (Lipinski definition) is 2. The monoisotopic (exact) mass is 294 g/mol. The number of benzene rings is 2. The molecule has 0 aliphatic rings. The topological polar surface area (TPSA) is 38.0 Å². The van der Waals surface area contributed by atoms with Crippen LogP contribution in [0.25, 0.3) is 0 Å². The maximum atomic E-state index is 12.7. The van der Waals surface area contributed by atoms with Gasteiger partial charge in [0.05, 0.1) is 11.6 Å². The van der Waals surface area contributed by atoms with Crippen molar-refractivity contribution in [1.29, 1.82) is 0 Å². The van der Waals surface area contributed by atoms with Gasteiger partial charge >= 0.3 is 6.18 Å². The summed E-state index contributed by atoms with van der Waals surface area (Å²) < 4.78 is 38.2. The highest BCUT2D eigenvalue weighted by Gasteiger charge is 2.31. The summed E-state index contributed by atoms with van der Waals surface area (Å²) in [6.45, 7) is 3.60. The highest BCUT2D eigenvalue weighted by atomic mass is 19.4. The van der Waals surface area contributed by atoms with Gasteiger partial charge in [0.25, 0.3) is 0 Å². The SMILES string of the molecule is Cc1ccccc1C(NN)c1ccc(C(F)(F)F)cc1C. The first-order chi connectivity index (χ1) is 9.84. The molecule has 2 nitrogen and oxygen atoms in total. The van der Waals surface area contributed by atoms with E-state index in [1.54, 1.807) is 6.92 Å². The molecule has 21 heavy (non-hydrogen) atoms. The zero-order chi connectivity index (χ0) is 15.6. The molecule has 2 aromatic rings. The van der Waals surface area contributed by atoms with E-state index in [0.29, 0.717) is 5.56 Å². The number of nitrogens with two attached hydrogens (primary N) is 1. The van der Waals surface area contributed by atoms with Crippen molar-refractivity contribution >= 4 is 0 Å². The zero-order valence-corrected chi connectivity index (χ0v) is 11.8. The van der Waals surface area contributed by atoms with Crippen LogP contribution in [0.2, 0.25) is 0 Å². The largest absolute Gasteiger partial charge is 0.416 e. The van der Waals surface area contributed by atoms with Gasteiger partial charge in [0, 0.05) is 0 Å². The molecule has 0 bridgehead atoms. The van der Waals surface area contributed by atoms with Gasteiger partial charge < -0.3 is 0 Å². The maximum Gasteiger partial charge on any atom is 0.416 e. The van der Waals surface area contributed by atoms with Gasteiger partial charge in [-0.1, -0.05) is 30.3 Å². The molecule has 2 aromatic carbocycles. The van der Waals surface area contributed by atoms with Crippen LogP contribution in [-0.2, 0) is 6.18 Å². The summed E-state index contributed by atoms with van der Waals surface area (Å²) in [7, 11) is 0. The summed E-state index contributed by atoms with van der Waals surface area (Å²) in [6, 6.07) is 11.0. The van der Waals surface area contributed by atoms with Crippen molar-refractivity contribution in [2.45, 2.75) is 26.1 Å². The second-order valence-electron chi connectivity index (χ2n) is 5.03. The fraction of sp³-hybridized carbons (Fsp3) is 0.250. The van der Waals surface area contributed by atoms with Gasteiger partial charge in [0.15, 0.2) is 0 Å². The molecule has 1 unspecified atom stereocenters. The first-order valence-electron chi connectivity index (χ1n) is 6.54. The molecule has 1 atom stereocenters. The van der Waals surface area contributed by atoms with Gasteiger partial charge in [-0.2, -0.15) is 13.2 Å². The smallest absolute Gasteiger partial charge is 0.271 e. The van der Waals surface area contributed by atoms with Crippen LogP contribution in [0.4, 0.5) is 13.2 Å². The number of hydrogen-bond donors (Lipinski definition) is 2. The Hall–Kier alpha value is -1.85. The summed E-state index contributed by atoms with van der Waals surface area (Å²) in [5, 5.41) is 0. The van der Waals surface area contributed by atoms with Crippen LogP contribution in [0.15, 0.2) is 42.5 Å². The minimum Gasteiger partial charge on any atom is -0.271 e. The third-order valence-corrected chi connectivity index (χ3v) is 3.57. The molecule has 0 aliphatic carbocycles. The van der Waals surface area contributed by atoms with Gasteiger partial charge in [-0.3, -0.25) is 5.84 Å². The lowest BCUT2D eigenvalue weighted by Gasteiger charge is -2.21. The van der Waals surface area contributed by atoms with E-state index in [1.165, 1.54) is 6.07 Å². The van der Waals surface area contributed by atoms with Gasteiger partial charge in [-0.15, -0.1) is 0 Å². The van der Waals surface area contributed by atoms with Gasteiger partial charge in [-0.05, 0) is 48.2 Å². The van der Waals surface area contributed by atoms with E-state index in [4.69, 9.17) is 5.84 Å². The quantitative estimate of drug-likeness (QED) is 0.666. The van der Waals surface area contributed by atoms with Crippen molar-refractivity contribution in [2.75, 3.05) is 0 Å². The molecule has 0 aromatic heterocycles. The second kappa shape index (κ2) is 5.87. The molecule has 0 fully saturated rings. The Bertz CT molecular complexity index is 636. The van der Waals surface area contributed by atoms with Crippen LogP contribution < -0.4 is 11.3 Å². The zero-order valence-electron chi connectivity index (χ0n) is 11.8. The summed E-state index contributed by atoms with van der Waals surface area (Å²) in [6.07, 6.45) is -4.34. The predicted molar refractivity (Wildman–Crippen MR) is 76.5 cm³/mol. The molecule has 0 saturated carbocycles. The van der Waals surface area contributed by atoms with E-state index in [1.807, 2.05) is 31.2 Å². The Morgan fingerprint density at radius 2 is 1.57 bits per heavy atom. The minimum absolute atomic E-state index is 0.339. The molecule has 0 saturated heterocycles. The van der Waals surface area contributed by atoms with Gasteiger partial charge in [0.2, 0.25) is 0 Å². The number of alkyl halides is 3. The van der Waals surface area contributed by atoms with E-state index < -0.39 is 11.7 Å². The summed E-state index contributed by atoms with van der Waals surface area (Å²) in [5.74, 6) is 5.63. The molecule has 5 heteroatoms. The molecular weight excluding hydrogens is 277 g/mol. The molecule has 112 valence electrons. The summed E-state index contributed by atoms with van der Waals surface area (Å²) in [5.41, 5.74) is 5.31. The first kappa shape index (κ1) is 15.5. The third kappa shape index (κ3) is 3.25. The van der Waals surface area contributed by atoms with Crippen molar-refractivity contribution in [3.63, 3.8) is 0 Å². The Morgan fingerprint density at radius 1 is 0.952 bits per heavy atom. The average molecular weight is 294 g/mol. The van der Waals surface area contributed by atoms with Crippen molar-refractivity contribution in [2.24, 2.45) is 5.84 Å². The molecule has 3 N–H and O–H groups in total. The third-order valence-electron chi connectivity index (χ3n) is 3.57. The van der Waals surface area contributed by atoms with Crippen LogP contribution in [0.1, 0.15) is 33.9 Å². The lowest BCUT2D eigenvalue weighted by Crippen LogP contribution is -2.30. The number of nitrogens with one attached hydrogen (secondary N) is 1. The molecule has 2 rings (SSSR count). The van der Waals surface area contributed by atoms with Gasteiger partial charge in [0.1, 0.15) is 0 Å². The highest BCUT2D eigenvalue weighted by Crippen LogP contribution is 2.33. The van der Waals surface area contributed by atoms with Crippen molar-refractivity contribution < 1.29 is 13.2 Å². The van der Waals surface area contributed by atoms with Crippen molar-refractivity contribution in [3.8, 4) is 0 Å². The van der Waals surface area contributed by atoms with Crippen molar-refractivity contribution in [1.82, 2.24) is 5.43 Å². The van der Waals surface area contributed by atoms with E-state index in [2.05, 4.69) is 5.43 Å². The van der Waals surface area contributed by atoms with Crippen molar-refractivity contribution in [3.05, 3.63) is 70.3 Å². The number of hydrazine groups is 1. The van der Waals surface area contributed by atoms with Crippen LogP contribution in [0, 0.1) is 13.8 Å². The fourth-order valence-corrected chi connectivity index (χ4v) is 2.43. The number of halogens is 3. The minimum atomic E-state index is -4.34. The molecule has 0 spiro atoms. The lowest BCUT2D eigenvalue weighted by atomic mass is 9.91. The highest BCUT2D eigenvalue weighted by molar-refractivity contribution is 5.42. The Balaban J connectivity index is 2.47. The van der Waals surface area contributed by atoms with E-state index in [-0.39, 0.29) is 6.04 Å². The van der Waals surface area contributed by atoms with E-state index in [9.17, 15) is 13.2 Å².